The number of aliphatic hydroxyl groups excluding tert-OH is 1. The van der Waals surface area contributed by atoms with Crippen LogP contribution in [0.3, 0.4) is 0 Å². The van der Waals surface area contributed by atoms with Crippen LogP contribution in [0.15, 0.2) is 0 Å². The Morgan fingerprint density at radius 1 is 1.29 bits per heavy atom. The van der Waals surface area contributed by atoms with Crippen molar-refractivity contribution in [3.8, 4) is 0 Å². The van der Waals surface area contributed by atoms with Crippen molar-refractivity contribution >= 4 is 23.8 Å². The Hall–Kier alpha value is -2.36. The topological polar surface area (TPSA) is 162 Å². The number of nitrogens with zero attached hydrogens (tertiary/aromatic N) is 1. The fourth-order valence-corrected chi connectivity index (χ4v) is 1.71. The number of carboxylic acid groups (broad SMARTS) is 1. The molecule has 0 saturated carbocycles. The van der Waals surface area contributed by atoms with E-state index in [1.165, 1.54) is 0 Å². The lowest BCUT2D eigenvalue weighted by molar-refractivity contribution is -0.161. The molecule has 0 radical (unpaired) electrons. The molecule has 1 atom stereocenters. The van der Waals surface area contributed by atoms with Crippen LogP contribution in [0.1, 0.15) is 13.8 Å². The van der Waals surface area contributed by atoms with Gasteiger partial charge in [0.25, 0.3) is 17.4 Å². The summed E-state index contributed by atoms with van der Waals surface area (Å²) in [6.07, 6.45) is 0. The van der Waals surface area contributed by atoms with E-state index in [0.717, 1.165) is 7.05 Å². The van der Waals surface area contributed by atoms with Crippen molar-refractivity contribution in [2.24, 2.45) is 5.73 Å². The number of hydrogen-bond acceptors (Lipinski definition) is 5. The molecule has 0 bridgehead atoms. The molecule has 120 valence electrons. The number of carboxylic acids is 1. The molecule has 0 aliphatic carbocycles. The summed E-state index contributed by atoms with van der Waals surface area (Å²) in [6.45, 7) is 1.97. The molecule has 0 heterocycles. The van der Waals surface area contributed by atoms with E-state index in [0.29, 0.717) is 4.90 Å². The lowest BCUT2D eigenvalue weighted by Crippen LogP contribution is -2.73. The minimum Gasteiger partial charge on any atom is -0.479 e. The molecule has 0 aromatic carbocycles. The van der Waals surface area contributed by atoms with Crippen LogP contribution in [0.25, 0.3) is 0 Å². The van der Waals surface area contributed by atoms with Gasteiger partial charge in [-0.2, -0.15) is 0 Å². The van der Waals surface area contributed by atoms with Crippen molar-refractivity contribution in [2.75, 3.05) is 20.2 Å². The second kappa shape index (κ2) is 7.43. The Labute approximate surface area is 121 Å². The van der Waals surface area contributed by atoms with Gasteiger partial charge < -0.3 is 26.6 Å². The summed E-state index contributed by atoms with van der Waals surface area (Å²) in [5, 5.41) is 22.7. The van der Waals surface area contributed by atoms with Crippen LogP contribution in [0.2, 0.25) is 0 Å². The van der Waals surface area contributed by atoms with E-state index < -0.39 is 42.5 Å². The molecular formula is C11H20N4O6. The third-order valence-electron chi connectivity index (χ3n) is 2.61. The zero-order valence-corrected chi connectivity index (χ0v) is 12.0. The number of nitrogens with one attached hydrogen (secondary N) is 2. The zero-order chi connectivity index (χ0) is 16.8. The maximum absolute atomic E-state index is 12.1. The highest BCUT2D eigenvalue weighted by molar-refractivity contribution is 6.26. The summed E-state index contributed by atoms with van der Waals surface area (Å²) in [5.41, 5.74) is 2.12. The molecule has 0 aliphatic rings. The lowest BCUT2D eigenvalue weighted by atomic mass is 9.95. The van der Waals surface area contributed by atoms with Gasteiger partial charge in [0.15, 0.2) is 0 Å². The molecule has 21 heavy (non-hydrogen) atoms. The molecule has 4 amide bonds. The number of primary amides is 1. The highest BCUT2D eigenvalue weighted by Gasteiger charge is 2.58. The summed E-state index contributed by atoms with van der Waals surface area (Å²) < 4.78 is 0. The van der Waals surface area contributed by atoms with Gasteiger partial charge in [-0.1, -0.05) is 0 Å². The van der Waals surface area contributed by atoms with Crippen LogP contribution in [0.5, 0.6) is 0 Å². The Morgan fingerprint density at radius 3 is 2.10 bits per heavy atom. The Morgan fingerprint density at radius 2 is 1.81 bits per heavy atom. The number of nitrogens with two attached hydrogens (primary N) is 1. The quantitative estimate of drug-likeness (QED) is 0.325. The molecule has 0 spiro atoms. The monoisotopic (exact) mass is 304 g/mol. The lowest BCUT2D eigenvalue weighted by Gasteiger charge is -2.36. The molecule has 0 aromatic rings. The predicted molar refractivity (Wildman–Crippen MR) is 71.1 cm³/mol. The van der Waals surface area contributed by atoms with Crippen LogP contribution >= 0.6 is 0 Å². The SMILES string of the molecule is CNC(=O)C(C(N)=O)(C(=O)O)N(CCO)C(=O)NC(C)C. The molecule has 0 aliphatic heterocycles. The fourth-order valence-electron chi connectivity index (χ4n) is 1.71. The van der Waals surface area contributed by atoms with Gasteiger partial charge in [0.05, 0.1) is 6.61 Å². The van der Waals surface area contributed by atoms with E-state index >= 15 is 0 Å². The van der Waals surface area contributed by atoms with Crippen molar-refractivity contribution in [1.29, 1.82) is 0 Å². The number of hydrogen-bond donors (Lipinski definition) is 5. The molecule has 1 unspecified atom stereocenters. The van der Waals surface area contributed by atoms with Crippen LogP contribution in [0, 0.1) is 0 Å². The van der Waals surface area contributed by atoms with Gasteiger partial charge in [-0.25, -0.2) is 9.59 Å². The maximum Gasteiger partial charge on any atom is 0.349 e. The number of likely N-dealkylation sites (N-methyl/N-ethyl adjacent to an activating group) is 1. The van der Waals surface area contributed by atoms with E-state index in [2.05, 4.69) is 5.32 Å². The molecule has 0 saturated heterocycles. The number of aliphatic hydroxyl groups is 1. The van der Waals surface area contributed by atoms with Crippen molar-refractivity contribution in [1.82, 2.24) is 15.5 Å². The van der Waals surface area contributed by atoms with Crippen molar-refractivity contribution in [2.45, 2.75) is 25.4 Å². The predicted octanol–water partition coefficient (Wildman–Crippen LogP) is -2.55. The molecule has 6 N–H and O–H groups in total. The Balaban J connectivity index is 6.02. The van der Waals surface area contributed by atoms with Gasteiger partial charge in [0.2, 0.25) is 0 Å². The number of amides is 4. The average molecular weight is 304 g/mol. The first-order chi connectivity index (χ1) is 9.65. The highest BCUT2D eigenvalue weighted by Crippen LogP contribution is 2.17. The summed E-state index contributed by atoms with van der Waals surface area (Å²) >= 11 is 0. The van der Waals surface area contributed by atoms with E-state index in [1.807, 2.05) is 5.32 Å². The van der Waals surface area contributed by atoms with Gasteiger partial charge >= 0.3 is 12.0 Å². The summed E-state index contributed by atoms with van der Waals surface area (Å²) in [5.74, 6) is -4.74. The maximum atomic E-state index is 12.1. The van der Waals surface area contributed by atoms with Crippen LogP contribution in [0.4, 0.5) is 4.79 Å². The van der Waals surface area contributed by atoms with E-state index in [4.69, 9.17) is 10.8 Å². The second-order valence-electron chi connectivity index (χ2n) is 4.44. The van der Waals surface area contributed by atoms with E-state index in [1.54, 1.807) is 13.8 Å². The molecule has 10 nitrogen and oxygen atoms in total. The first-order valence-corrected chi connectivity index (χ1v) is 6.10. The smallest absolute Gasteiger partial charge is 0.349 e. The summed E-state index contributed by atoms with van der Waals surface area (Å²) in [4.78, 5) is 47.6. The number of urea groups is 1. The number of β-amino-alcohol motifs (C(OH)–C–C–N with tert-alkyl or cyclic N) is 1. The number of carbonyl (C=O) groups is 4. The summed E-state index contributed by atoms with van der Waals surface area (Å²) in [6, 6.07) is -1.40. The van der Waals surface area contributed by atoms with Gasteiger partial charge in [-0.15, -0.1) is 0 Å². The van der Waals surface area contributed by atoms with Gasteiger partial charge in [0.1, 0.15) is 0 Å². The van der Waals surface area contributed by atoms with Crippen molar-refractivity contribution in [3.05, 3.63) is 0 Å². The standard InChI is InChI=1S/C11H20N4O6/c1-6(2)14-10(21)15(4-5-16)11(7(12)17,9(19)20)8(18)13-3/h6,16H,4-5H2,1-3H3,(H2,12,17)(H,13,18)(H,14,21)(H,19,20). The van der Waals surface area contributed by atoms with Crippen molar-refractivity contribution in [3.63, 3.8) is 0 Å². The number of aliphatic carboxylic acids is 1. The van der Waals surface area contributed by atoms with E-state index in [9.17, 15) is 24.3 Å². The van der Waals surface area contributed by atoms with E-state index in [-0.39, 0.29) is 6.04 Å². The normalized spacial score (nSPS) is 13.2. The minimum absolute atomic E-state index is 0.386. The third-order valence-corrected chi connectivity index (χ3v) is 2.61. The molecular weight excluding hydrogens is 284 g/mol. The first kappa shape index (κ1) is 18.6. The van der Waals surface area contributed by atoms with Crippen LogP contribution in [-0.2, 0) is 14.4 Å². The number of carbonyl (C=O) groups excluding carboxylic acids is 3. The molecule has 10 heteroatoms. The van der Waals surface area contributed by atoms with Gasteiger partial charge in [-0.3, -0.25) is 14.5 Å². The average Bonchev–Trinajstić information content (AvgIpc) is 2.36. The fraction of sp³-hybridized carbons (Fsp3) is 0.636. The zero-order valence-electron chi connectivity index (χ0n) is 12.0. The van der Waals surface area contributed by atoms with Crippen LogP contribution in [-0.4, -0.2) is 70.7 Å². The molecule has 0 aromatic heterocycles. The highest BCUT2D eigenvalue weighted by atomic mass is 16.4. The first-order valence-electron chi connectivity index (χ1n) is 6.10. The Bertz CT molecular complexity index is 422. The number of rotatable bonds is 7. The largest absolute Gasteiger partial charge is 0.479 e. The third kappa shape index (κ3) is 3.60. The Kier molecular flexibility index (Phi) is 6.59. The van der Waals surface area contributed by atoms with Gasteiger partial charge in [0, 0.05) is 19.6 Å². The molecule has 0 fully saturated rings. The summed E-state index contributed by atoms with van der Waals surface area (Å²) in [7, 11) is 1.10. The van der Waals surface area contributed by atoms with Crippen molar-refractivity contribution < 1.29 is 29.4 Å². The molecule has 0 rings (SSSR count). The second-order valence-corrected chi connectivity index (χ2v) is 4.44. The van der Waals surface area contributed by atoms with Crippen LogP contribution < -0.4 is 16.4 Å². The minimum atomic E-state index is -2.95. The van der Waals surface area contributed by atoms with Gasteiger partial charge in [-0.05, 0) is 13.8 Å².